The monoisotopic (exact) mass is 361 g/mol. The van der Waals surface area contributed by atoms with Crippen LogP contribution < -0.4 is 10.6 Å². The summed E-state index contributed by atoms with van der Waals surface area (Å²) >= 11 is 0. The van der Waals surface area contributed by atoms with Gasteiger partial charge < -0.3 is 15.6 Å². The number of nitrogens with one attached hydrogen (secondary N) is 3. The number of rotatable bonds is 5. The Labute approximate surface area is 157 Å². The Morgan fingerprint density at radius 1 is 1.15 bits per heavy atom. The Morgan fingerprint density at radius 2 is 2.07 bits per heavy atom. The van der Waals surface area contributed by atoms with Gasteiger partial charge in [-0.3, -0.25) is 9.39 Å². The summed E-state index contributed by atoms with van der Waals surface area (Å²) in [5.74, 6) is 1.60. The van der Waals surface area contributed by atoms with Gasteiger partial charge in [-0.2, -0.15) is 0 Å². The highest BCUT2D eigenvalue weighted by Crippen LogP contribution is 2.21. The average Bonchev–Trinajstić information content (AvgIpc) is 3.30. The Kier molecular flexibility index (Phi) is 4.74. The second kappa shape index (κ2) is 7.49. The molecule has 1 aromatic carbocycles. The molecule has 3 N–H and O–H groups in total. The minimum Gasteiger partial charge on any atom is -0.361 e. The van der Waals surface area contributed by atoms with E-state index < -0.39 is 0 Å². The van der Waals surface area contributed by atoms with E-state index in [1.165, 1.54) is 22.0 Å². The molecule has 0 fully saturated rings. The fourth-order valence-electron chi connectivity index (χ4n) is 3.28. The molecule has 138 valence electrons. The van der Waals surface area contributed by atoms with E-state index >= 15 is 0 Å². The van der Waals surface area contributed by atoms with Crippen LogP contribution in [0.4, 0.5) is 0 Å². The summed E-state index contributed by atoms with van der Waals surface area (Å²) in [6, 6.07) is 12.3. The van der Waals surface area contributed by atoms with Gasteiger partial charge in [0.05, 0.1) is 6.54 Å². The summed E-state index contributed by atoms with van der Waals surface area (Å²) in [6.45, 7) is 3.47. The van der Waals surface area contributed by atoms with Crippen molar-refractivity contribution in [2.24, 2.45) is 4.99 Å². The number of pyridine rings is 1. The van der Waals surface area contributed by atoms with Crippen LogP contribution in [0.15, 0.2) is 53.8 Å². The zero-order chi connectivity index (χ0) is 18.6. The van der Waals surface area contributed by atoms with Gasteiger partial charge in [-0.25, -0.2) is 0 Å². The molecule has 0 amide bonds. The predicted molar refractivity (Wildman–Crippen MR) is 108 cm³/mol. The molecule has 4 rings (SSSR count). The maximum Gasteiger partial charge on any atom is 0.191 e. The number of para-hydroxylation sites is 1. The van der Waals surface area contributed by atoms with Gasteiger partial charge in [0.1, 0.15) is 0 Å². The van der Waals surface area contributed by atoms with Gasteiger partial charge in [0, 0.05) is 36.9 Å². The number of aromatic amines is 1. The number of nitrogens with zero attached hydrogens (tertiary/aromatic N) is 4. The maximum absolute atomic E-state index is 4.29. The van der Waals surface area contributed by atoms with E-state index in [1.54, 1.807) is 7.05 Å². The molecule has 27 heavy (non-hydrogen) atoms. The SMILES string of the molecule is CN=C(NCCc1c[nH]c2c(C)cccc12)NCc1nnc2ccccn12. The van der Waals surface area contributed by atoms with Crippen LogP contribution >= 0.6 is 0 Å². The molecule has 0 bridgehead atoms. The van der Waals surface area contributed by atoms with Crippen LogP contribution in [-0.2, 0) is 13.0 Å². The summed E-state index contributed by atoms with van der Waals surface area (Å²) in [4.78, 5) is 7.67. The molecule has 4 aromatic rings. The third-order valence-electron chi connectivity index (χ3n) is 4.72. The molecule has 0 aliphatic carbocycles. The van der Waals surface area contributed by atoms with Crippen molar-refractivity contribution >= 4 is 22.5 Å². The van der Waals surface area contributed by atoms with Crippen LogP contribution in [0.2, 0.25) is 0 Å². The van der Waals surface area contributed by atoms with Crippen molar-refractivity contribution in [3.05, 3.63) is 65.7 Å². The Balaban J connectivity index is 1.35. The largest absolute Gasteiger partial charge is 0.361 e. The van der Waals surface area contributed by atoms with Crippen molar-refractivity contribution in [2.45, 2.75) is 19.9 Å². The number of hydrogen-bond donors (Lipinski definition) is 3. The highest BCUT2D eigenvalue weighted by atomic mass is 15.3. The van der Waals surface area contributed by atoms with Gasteiger partial charge in [0.2, 0.25) is 0 Å². The second-order valence-electron chi connectivity index (χ2n) is 6.46. The molecule has 3 heterocycles. The third-order valence-corrected chi connectivity index (χ3v) is 4.72. The summed E-state index contributed by atoms with van der Waals surface area (Å²) in [5.41, 5.74) is 4.63. The van der Waals surface area contributed by atoms with Gasteiger partial charge in [-0.15, -0.1) is 10.2 Å². The van der Waals surface area contributed by atoms with E-state index in [9.17, 15) is 0 Å². The highest BCUT2D eigenvalue weighted by Gasteiger charge is 2.07. The minimum absolute atomic E-state index is 0.553. The number of benzene rings is 1. The smallest absolute Gasteiger partial charge is 0.191 e. The van der Waals surface area contributed by atoms with Crippen LogP contribution in [0.3, 0.4) is 0 Å². The molecular formula is C20H23N7. The molecular weight excluding hydrogens is 338 g/mol. The topological polar surface area (TPSA) is 82.4 Å². The molecule has 0 aliphatic rings. The lowest BCUT2D eigenvalue weighted by molar-refractivity contribution is 0.758. The second-order valence-corrected chi connectivity index (χ2v) is 6.46. The van der Waals surface area contributed by atoms with Crippen LogP contribution in [0.1, 0.15) is 17.0 Å². The predicted octanol–water partition coefficient (Wildman–Crippen LogP) is 2.43. The van der Waals surface area contributed by atoms with Crippen molar-refractivity contribution in [2.75, 3.05) is 13.6 Å². The molecule has 7 heteroatoms. The number of aryl methyl sites for hydroxylation is 1. The summed E-state index contributed by atoms with van der Waals surface area (Å²) in [6.07, 6.45) is 4.97. The number of hydrogen-bond acceptors (Lipinski definition) is 3. The first-order valence-electron chi connectivity index (χ1n) is 9.05. The van der Waals surface area contributed by atoms with E-state index in [-0.39, 0.29) is 0 Å². The van der Waals surface area contributed by atoms with Crippen molar-refractivity contribution in [1.29, 1.82) is 0 Å². The standard InChI is InChI=1S/C20H23N7/c1-14-6-5-7-16-15(12-23-19(14)16)9-10-22-20(21-2)24-13-18-26-25-17-8-3-4-11-27(17)18/h3-8,11-12,23H,9-10,13H2,1-2H3,(H2,21,22,24). The number of aliphatic imine (C=N–C) groups is 1. The van der Waals surface area contributed by atoms with Crippen molar-refractivity contribution < 1.29 is 0 Å². The van der Waals surface area contributed by atoms with Gasteiger partial charge >= 0.3 is 0 Å². The number of H-pyrrole nitrogens is 1. The number of fused-ring (bicyclic) bond motifs is 2. The van der Waals surface area contributed by atoms with Crippen LogP contribution in [-0.4, -0.2) is 39.1 Å². The first kappa shape index (κ1) is 17.1. The van der Waals surface area contributed by atoms with Crippen molar-refractivity contribution in [3.63, 3.8) is 0 Å². The molecule has 0 atom stereocenters. The van der Waals surface area contributed by atoms with E-state index in [0.717, 1.165) is 30.4 Å². The van der Waals surface area contributed by atoms with E-state index in [4.69, 9.17) is 0 Å². The zero-order valence-electron chi connectivity index (χ0n) is 15.5. The maximum atomic E-state index is 4.29. The summed E-state index contributed by atoms with van der Waals surface area (Å²) in [7, 11) is 1.77. The molecule has 0 spiro atoms. The van der Waals surface area contributed by atoms with Crippen molar-refractivity contribution in [1.82, 2.24) is 30.2 Å². The van der Waals surface area contributed by atoms with Crippen LogP contribution in [0, 0.1) is 6.92 Å². The fourth-order valence-corrected chi connectivity index (χ4v) is 3.28. The highest BCUT2D eigenvalue weighted by molar-refractivity contribution is 5.86. The van der Waals surface area contributed by atoms with E-state index in [1.807, 2.05) is 28.8 Å². The van der Waals surface area contributed by atoms with Gasteiger partial charge in [-0.1, -0.05) is 24.3 Å². The lowest BCUT2D eigenvalue weighted by Crippen LogP contribution is -2.38. The fraction of sp³-hybridized carbons (Fsp3) is 0.250. The first-order valence-corrected chi connectivity index (χ1v) is 9.05. The molecule has 0 radical (unpaired) electrons. The van der Waals surface area contributed by atoms with Crippen molar-refractivity contribution in [3.8, 4) is 0 Å². The zero-order valence-corrected chi connectivity index (χ0v) is 15.5. The Hall–Kier alpha value is -3.35. The minimum atomic E-state index is 0.553. The molecule has 0 saturated heterocycles. The molecule has 0 saturated carbocycles. The van der Waals surface area contributed by atoms with Gasteiger partial charge in [-0.05, 0) is 36.6 Å². The quantitative estimate of drug-likeness (QED) is 0.377. The number of aromatic nitrogens is 4. The average molecular weight is 361 g/mol. The normalized spacial score (nSPS) is 12.0. The molecule has 0 unspecified atom stereocenters. The lowest BCUT2D eigenvalue weighted by Gasteiger charge is -2.11. The lowest BCUT2D eigenvalue weighted by atomic mass is 10.1. The van der Waals surface area contributed by atoms with Crippen LogP contribution in [0.25, 0.3) is 16.6 Å². The summed E-state index contributed by atoms with van der Waals surface area (Å²) < 4.78 is 1.97. The first-order chi connectivity index (χ1) is 13.3. The Bertz CT molecular complexity index is 1090. The van der Waals surface area contributed by atoms with Gasteiger partial charge in [0.25, 0.3) is 0 Å². The Morgan fingerprint density at radius 3 is 2.96 bits per heavy atom. The van der Waals surface area contributed by atoms with E-state index in [0.29, 0.717) is 6.54 Å². The molecule has 0 aliphatic heterocycles. The van der Waals surface area contributed by atoms with E-state index in [2.05, 4.69) is 62.1 Å². The summed E-state index contributed by atoms with van der Waals surface area (Å²) in [5, 5.41) is 16.3. The van der Waals surface area contributed by atoms with Gasteiger partial charge in [0.15, 0.2) is 17.4 Å². The van der Waals surface area contributed by atoms with Crippen LogP contribution in [0.5, 0.6) is 0 Å². The third kappa shape index (κ3) is 3.48. The number of guanidine groups is 1. The molecule has 3 aromatic heterocycles. The molecule has 7 nitrogen and oxygen atoms in total.